The summed E-state index contributed by atoms with van der Waals surface area (Å²) in [5.74, 6) is 0.826. The van der Waals surface area contributed by atoms with Crippen molar-refractivity contribution in [2.75, 3.05) is 31.1 Å². The summed E-state index contributed by atoms with van der Waals surface area (Å²) in [7, 11) is 0. The van der Waals surface area contributed by atoms with Crippen LogP contribution in [-0.2, 0) is 4.79 Å². The minimum Gasteiger partial charge on any atom is -0.369 e. The van der Waals surface area contributed by atoms with Gasteiger partial charge in [-0.3, -0.25) is 9.69 Å². The Hall–Kier alpha value is -1.55. The average molecular weight is 329 g/mol. The van der Waals surface area contributed by atoms with E-state index in [2.05, 4.69) is 59.3 Å². The number of benzene rings is 1. The van der Waals surface area contributed by atoms with Gasteiger partial charge >= 0.3 is 0 Å². The molecule has 1 aliphatic carbocycles. The highest BCUT2D eigenvalue weighted by molar-refractivity contribution is 5.81. The highest BCUT2D eigenvalue weighted by Gasteiger charge is 2.29. The molecular weight excluding hydrogens is 298 g/mol. The summed E-state index contributed by atoms with van der Waals surface area (Å²) in [6, 6.07) is 10.9. The van der Waals surface area contributed by atoms with E-state index in [1.165, 1.54) is 24.9 Å². The number of anilines is 1. The molecule has 24 heavy (non-hydrogen) atoms. The van der Waals surface area contributed by atoms with Gasteiger partial charge in [0.05, 0.1) is 6.04 Å². The largest absolute Gasteiger partial charge is 0.369 e. The molecule has 0 aromatic heterocycles. The predicted octanol–water partition coefficient (Wildman–Crippen LogP) is 2.89. The van der Waals surface area contributed by atoms with E-state index in [0.717, 1.165) is 32.6 Å². The van der Waals surface area contributed by atoms with Crippen molar-refractivity contribution >= 4 is 11.6 Å². The molecule has 3 atom stereocenters. The number of rotatable bonds is 4. The molecule has 1 aromatic carbocycles. The van der Waals surface area contributed by atoms with E-state index in [0.29, 0.717) is 12.0 Å². The fourth-order valence-electron chi connectivity index (χ4n) is 4.01. The van der Waals surface area contributed by atoms with E-state index in [1.807, 2.05) is 0 Å². The SMILES string of the molecule is C[C@@H]1CCCC[C@@H]1NC(=O)[C@@H](C)N1CCN(c2ccccc2)CC1. The van der Waals surface area contributed by atoms with Crippen LogP contribution in [-0.4, -0.2) is 49.1 Å². The predicted molar refractivity (Wildman–Crippen MR) is 99.3 cm³/mol. The Morgan fingerprint density at radius 3 is 2.42 bits per heavy atom. The first-order valence-corrected chi connectivity index (χ1v) is 9.49. The van der Waals surface area contributed by atoms with Crippen molar-refractivity contribution in [2.45, 2.75) is 51.6 Å². The zero-order chi connectivity index (χ0) is 16.9. The summed E-state index contributed by atoms with van der Waals surface area (Å²) in [5, 5.41) is 3.31. The van der Waals surface area contributed by atoms with E-state index >= 15 is 0 Å². The number of carbonyl (C=O) groups excluding carboxylic acids is 1. The zero-order valence-corrected chi connectivity index (χ0v) is 15.1. The maximum absolute atomic E-state index is 12.6. The molecule has 4 nitrogen and oxygen atoms in total. The Balaban J connectivity index is 1.49. The lowest BCUT2D eigenvalue weighted by Gasteiger charge is -2.39. The lowest BCUT2D eigenvalue weighted by molar-refractivity contribution is -0.127. The molecule has 2 aliphatic rings. The molecule has 132 valence electrons. The quantitative estimate of drug-likeness (QED) is 0.922. The van der Waals surface area contributed by atoms with Gasteiger partial charge in [-0.25, -0.2) is 0 Å². The van der Waals surface area contributed by atoms with Crippen molar-refractivity contribution < 1.29 is 4.79 Å². The normalized spacial score (nSPS) is 26.8. The second-order valence-electron chi connectivity index (χ2n) is 7.41. The first kappa shape index (κ1) is 17.3. The summed E-state index contributed by atoms with van der Waals surface area (Å²) < 4.78 is 0. The van der Waals surface area contributed by atoms with Gasteiger partial charge in [-0.05, 0) is 37.8 Å². The first-order chi connectivity index (χ1) is 11.6. The third kappa shape index (κ3) is 4.10. The van der Waals surface area contributed by atoms with Gasteiger partial charge in [-0.15, -0.1) is 0 Å². The number of hydrogen-bond donors (Lipinski definition) is 1. The molecule has 1 saturated carbocycles. The van der Waals surface area contributed by atoms with Crippen molar-refractivity contribution in [1.82, 2.24) is 10.2 Å². The third-order valence-corrected chi connectivity index (χ3v) is 5.80. The minimum atomic E-state index is -0.0305. The van der Waals surface area contributed by atoms with Gasteiger partial charge in [-0.2, -0.15) is 0 Å². The van der Waals surface area contributed by atoms with Crippen LogP contribution in [0, 0.1) is 5.92 Å². The summed E-state index contributed by atoms with van der Waals surface area (Å²) in [4.78, 5) is 17.4. The molecular formula is C20H31N3O. The van der Waals surface area contributed by atoms with Crippen LogP contribution in [0.3, 0.4) is 0 Å². The molecule has 0 spiro atoms. The van der Waals surface area contributed by atoms with Gasteiger partial charge in [0.15, 0.2) is 0 Å². The van der Waals surface area contributed by atoms with Gasteiger partial charge in [0.1, 0.15) is 0 Å². The van der Waals surface area contributed by atoms with Crippen LogP contribution in [0.5, 0.6) is 0 Å². The number of nitrogens with zero attached hydrogens (tertiary/aromatic N) is 2. The number of nitrogens with one attached hydrogen (secondary N) is 1. The van der Waals surface area contributed by atoms with Crippen molar-refractivity contribution in [3.63, 3.8) is 0 Å². The van der Waals surface area contributed by atoms with Crippen LogP contribution in [0.2, 0.25) is 0 Å². The molecule has 1 amide bonds. The molecule has 0 unspecified atom stereocenters. The molecule has 2 fully saturated rings. The average Bonchev–Trinajstić information content (AvgIpc) is 2.64. The third-order valence-electron chi connectivity index (χ3n) is 5.80. The van der Waals surface area contributed by atoms with Crippen LogP contribution in [0.4, 0.5) is 5.69 Å². The molecule has 4 heteroatoms. The van der Waals surface area contributed by atoms with Gasteiger partial charge < -0.3 is 10.2 Å². The maximum atomic E-state index is 12.6. The van der Waals surface area contributed by atoms with E-state index in [-0.39, 0.29) is 11.9 Å². The van der Waals surface area contributed by atoms with Crippen LogP contribution in [0.15, 0.2) is 30.3 Å². The fourth-order valence-corrected chi connectivity index (χ4v) is 4.01. The molecule has 1 saturated heterocycles. The van der Waals surface area contributed by atoms with E-state index in [1.54, 1.807) is 0 Å². The smallest absolute Gasteiger partial charge is 0.237 e. The second-order valence-corrected chi connectivity index (χ2v) is 7.41. The van der Waals surface area contributed by atoms with Crippen molar-refractivity contribution in [1.29, 1.82) is 0 Å². The van der Waals surface area contributed by atoms with Crippen molar-refractivity contribution in [3.8, 4) is 0 Å². The van der Waals surface area contributed by atoms with Gasteiger partial charge in [0.25, 0.3) is 0 Å². The topological polar surface area (TPSA) is 35.6 Å². The summed E-state index contributed by atoms with van der Waals surface area (Å²) in [6.45, 7) is 8.20. The Labute approximate surface area is 146 Å². The lowest BCUT2D eigenvalue weighted by atomic mass is 9.86. The summed E-state index contributed by atoms with van der Waals surface area (Å²) in [5.41, 5.74) is 1.28. The highest BCUT2D eigenvalue weighted by atomic mass is 16.2. The Morgan fingerprint density at radius 2 is 1.75 bits per heavy atom. The van der Waals surface area contributed by atoms with Crippen molar-refractivity contribution in [3.05, 3.63) is 30.3 Å². The van der Waals surface area contributed by atoms with E-state index in [9.17, 15) is 4.79 Å². The van der Waals surface area contributed by atoms with Crippen LogP contribution in [0.1, 0.15) is 39.5 Å². The number of hydrogen-bond acceptors (Lipinski definition) is 3. The fraction of sp³-hybridized carbons (Fsp3) is 0.650. The zero-order valence-electron chi connectivity index (χ0n) is 15.1. The van der Waals surface area contributed by atoms with Crippen molar-refractivity contribution in [2.24, 2.45) is 5.92 Å². The van der Waals surface area contributed by atoms with Gasteiger partial charge in [0.2, 0.25) is 5.91 Å². The molecule has 3 rings (SSSR count). The molecule has 1 aliphatic heterocycles. The Bertz CT molecular complexity index is 525. The van der Waals surface area contributed by atoms with Crippen LogP contribution in [0.25, 0.3) is 0 Å². The standard InChI is InChI=1S/C20H31N3O/c1-16-8-6-7-11-19(16)21-20(24)17(2)22-12-14-23(15-13-22)18-9-4-3-5-10-18/h3-5,9-10,16-17,19H,6-8,11-15H2,1-2H3,(H,21,24)/t16-,17-,19+/m1/s1. The Morgan fingerprint density at radius 1 is 1.08 bits per heavy atom. The summed E-state index contributed by atoms with van der Waals surface area (Å²) in [6.07, 6.45) is 4.94. The first-order valence-electron chi connectivity index (χ1n) is 9.49. The van der Waals surface area contributed by atoms with Gasteiger partial charge in [0, 0.05) is 37.9 Å². The maximum Gasteiger partial charge on any atom is 0.237 e. The summed E-state index contributed by atoms with van der Waals surface area (Å²) >= 11 is 0. The number of para-hydroxylation sites is 1. The van der Waals surface area contributed by atoms with Crippen LogP contribution < -0.4 is 10.2 Å². The minimum absolute atomic E-state index is 0.0305. The number of piperazine rings is 1. The lowest BCUT2D eigenvalue weighted by Crippen LogP contribution is -2.55. The van der Waals surface area contributed by atoms with E-state index in [4.69, 9.17) is 0 Å². The monoisotopic (exact) mass is 329 g/mol. The molecule has 1 heterocycles. The number of carbonyl (C=O) groups is 1. The number of amides is 1. The van der Waals surface area contributed by atoms with E-state index < -0.39 is 0 Å². The van der Waals surface area contributed by atoms with Crippen LogP contribution >= 0.6 is 0 Å². The molecule has 1 aromatic rings. The highest BCUT2D eigenvalue weighted by Crippen LogP contribution is 2.24. The molecule has 0 bridgehead atoms. The van der Waals surface area contributed by atoms with Gasteiger partial charge in [-0.1, -0.05) is 38.0 Å². The Kier molecular flexibility index (Phi) is 5.77. The molecule has 0 radical (unpaired) electrons. The second kappa shape index (κ2) is 8.02. The molecule has 1 N–H and O–H groups in total.